The largest absolute Gasteiger partial charge is 0.350 e. The summed E-state index contributed by atoms with van der Waals surface area (Å²) < 4.78 is 32.1. The van der Waals surface area contributed by atoms with Crippen LogP contribution in [0.15, 0.2) is 24.3 Å². The van der Waals surface area contributed by atoms with Crippen LogP contribution in [0.2, 0.25) is 0 Å². The minimum Gasteiger partial charge on any atom is -0.350 e. The van der Waals surface area contributed by atoms with Crippen molar-refractivity contribution in [2.45, 2.75) is 78.4 Å². The first-order valence-electron chi connectivity index (χ1n) is 9.74. The van der Waals surface area contributed by atoms with Gasteiger partial charge in [-0.25, -0.2) is 0 Å². The molecule has 0 saturated heterocycles. The molecule has 0 bridgehead atoms. The van der Waals surface area contributed by atoms with Crippen molar-refractivity contribution in [1.29, 1.82) is 0 Å². The van der Waals surface area contributed by atoms with Gasteiger partial charge in [-0.2, -0.15) is 13.3 Å². The third kappa shape index (κ3) is 13.8. The van der Waals surface area contributed by atoms with Gasteiger partial charge in [0.25, 0.3) is 10.1 Å². The minimum absolute atomic E-state index is 0. The molecule has 27 heavy (non-hydrogen) atoms. The average Bonchev–Trinajstić information content (AvgIpc) is 2.64. The van der Waals surface area contributed by atoms with Gasteiger partial charge in [-0.15, -0.1) is 4.33 Å². The van der Waals surface area contributed by atoms with E-state index in [1.54, 1.807) is 6.92 Å². The van der Waals surface area contributed by atoms with E-state index in [1.165, 1.54) is 56.6 Å². The van der Waals surface area contributed by atoms with Crippen molar-refractivity contribution in [3.63, 3.8) is 0 Å². The standard InChI is InChI=1S/C20H34O5S.Na/c1-4-6-7-8-9-10-11-19-12-14-20(15-13-19)16-17-23-18(3)24-25-26(21,22)5-2;/h12-15,18H,4-11,16-17H2,1-3H3;. The van der Waals surface area contributed by atoms with Gasteiger partial charge in [0.15, 0.2) is 6.29 Å². The van der Waals surface area contributed by atoms with Crippen molar-refractivity contribution in [1.82, 2.24) is 0 Å². The van der Waals surface area contributed by atoms with Crippen LogP contribution in [0.5, 0.6) is 0 Å². The predicted octanol–water partition coefficient (Wildman–Crippen LogP) is 4.41. The molecular formula is C20H34NaO5S. The summed E-state index contributed by atoms with van der Waals surface area (Å²) in [7, 11) is -3.61. The van der Waals surface area contributed by atoms with E-state index in [0.29, 0.717) is 6.61 Å². The first-order valence-corrected chi connectivity index (χ1v) is 11.3. The number of benzene rings is 1. The Kier molecular flexibility index (Phi) is 15.9. The van der Waals surface area contributed by atoms with E-state index in [-0.39, 0.29) is 35.3 Å². The van der Waals surface area contributed by atoms with E-state index >= 15 is 0 Å². The maximum Gasteiger partial charge on any atom is 0.293 e. The first-order chi connectivity index (χ1) is 12.5. The molecule has 1 rings (SSSR count). The molecule has 0 aliphatic heterocycles. The fraction of sp³-hybridized carbons (Fsp3) is 0.700. The maximum absolute atomic E-state index is 11.2. The van der Waals surface area contributed by atoms with E-state index in [4.69, 9.17) is 9.62 Å². The van der Waals surface area contributed by atoms with Gasteiger partial charge in [-0.3, -0.25) is 0 Å². The molecule has 0 N–H and O–H groups in total. The fourth-order valence-electron chi connectivity index (χ4n) is 2.52. The van der Waals surface area contributed by atoms with Gasteiger partial charge in [-0.1, -0.05) is 63.3 Å². The minimum atomic E-state index is -3.61. The molecule has 1 aromatic carbocycles. The number of unbranched alkanes of at least 4 members (excludes halogenated alkanes) is 5. The number of aryl methyl sites for hydroxylation is 1. The SMILES string of the molecule is CCCCCCCCc1ccc(CCOC(C)OOS(=O)(=O)CC)cc1.[Na]. The average molecular weight is 410 g/mol. The third-order valence-corrected chi connectivity index (χ3v) is 5.21. The first kappa shape index (κ1) is 27.0. The van der Waals surface area contributed by atoms with Gasteiger partial charge in [0.2, 0.25) is 0 Å². The van der Waals surface area contributed by atoms with Crippen LogP contribution in [-0.2, 0) is 36.9 Å². The second kappa shape index (κ2) is 15.9. The van der Waals surface area contributed by atoms with Gasteiger partial charge >= 0.3 is 0 Å². The van der Waals surface area contributed by atoms with E-state index < -0.39 is 16.4 Å². The quantitative estimate of drug-likeness (QED) is 0.141. The van der Waals surface area contributed by atoms with Crippen molar-refractivity contribution >= 4 is 39.7 Å². The second-order valence-corrected chi connectivity index (χ2v) is 8.36. The molecule has 1 unspecified atom stereocenters. The second-order valence-electron chi connectivity index (χ2n) is 6.53. The van der Waals surface area contributed by atoms with Crippen LogP contribution in [-0.4, -0.2) is 56.6 Å². The molecule has 0 amide bonds. The summed E-state index contributed by atoms with van der Waals surface area (Å²) in [5.41, 5.74) is 2.56. The molecule has 0 aliphatic carbocycles. The molecule has 0 saturated carbocycles. The molecular weight excluding hydrogens is 375 g/mol. The van der Waals surface area contributed by atoms with Crippen LogP contribution < -0.4 is 0 Å². The molecule has 1 atom stereocenters. The molecule has 151 valence electrons. The van der Waals surface area contributed by atoms with Gasteiger partial charge in [-0.05, 0) is 44.2 Å². The Hall–Kier alpha value is 0.0500. The zero-order chi connectivity index (χ0) is 19.3. The number of rotatable bonds is 15. The smallest absolute Gasteiger partial charge is 0.293 e. The van der Waals surface area contributed by atoms with Crippen LogP contribution in [0, 0.1) is 0 Å². The Morgan fingerprint density at radius 2 is 1.44 bits per heavy atom. The van der Waals surface area contributed by atoms with Crippen molar-refractivity contribution in [2.75, 3.05) is 12.4 Å². The molecule has 7 heteroatoms. The van der Waals surface area contributed by atoms with Crippen LogP contribution >= 0.6 is 0 Å². The summed E-state index contributed by atoms with van der Waals surface area (Å²) in [6, 6.07) is 8.61. The summed E-state index contributed by atoms with van der Waals surface area (Å²) in [4.78, 5) is 4.72. The summed E-state index contributed by atoms with van der Waals surface area (Å²) in [5.74, 6) is -0.134. The Labute approximate surface area is 187 Å². The van der Waals surface area contributed by atoms with E-state index in [0.717, 1.165) is 12.8 Å². The van der Waals surface area contributed by atoms with Crippen molar-refractivity contribution < 1.29 is 22.4 Å². The molecule has 0 aromatic heterocycles. The molecule has 0 fully saturated rings. The van der Waals surface area contributed by atoms with Crippen LogP contribution in [0.1, 0.15) is 70.4 Å². The molecule has 5 nitrogen and oxygen atoms in total. The summed E-state index contributed by atoms with van der Waals surface area (Å²) >= 11 is 0. The third-order valence-electron chi connectivity index (χ3n) is 4.22. The van der Waals surface area contributed by atoms with Crippen LogP contribution in [0.4, 0.5) is 0 Å². The monoisotopic (exact) mass is 409 g/mol. The Morgan fingerprint density at radius 1 is 0.889 bits per heavy atom. The van der Waals surface area contributed by atoms with E-state index in [9.17, 15) is 8.42 Å². The summed E-state index contributed by atoms with van der Waals surface area (Å²) in [6.07, 6.45) is 9.04. The Morgan fingerprint density at radius 3 is 2.04 bits per heavy atom. The summed E-state index contributed by atoms with van der Waals surface area (Å²) in [6.45, 7) is 5.77. The van der Waals surface area contributed by atoms with Gasteiger partial charge < -0.3 is 4.74 Å². The zero-order valence-corrected chi connectivity index (χ0v) is 20.2. The topological polar surface area (TPSA) is 61.8 Å². The molecule has 0 heterocycles. The van der Waals surface area contributed by atoms with Gasteiger partial charge in [0, 0.05) is 29.6 Å². The van der Waals surface area contributed by atoms with Crippen molar-refractivity contribution in [2.24, 2.45) is 0 Å². The van der Waals surface area contributed by atoms with Crippen LogP contribution in [0.3, 0.4) is 0 Å². The molecule has 0 aliphatic rings. The normalized spacial score (nSPS) is 12.6. The fourth-order valence-corrected chi connectivity index (χ4v) is 2.84. The maximum atomic E-state index is 11.2. The number of ether oxygens (including phenoxy) is 1. The van der Waals surface area contributed by atoms with Gasteiger partial charge in [0.1, 0.15) is 0 Å². The number of hydrogen-bond donors (Lipinski definition) is 0. The van der Waals surface area contributed by atoms with Gasteiger partial charge in [0.05, 0.1) is 12.4 Å². The zero-order valence-electron chi connectivity index (χ0n) is 17.4. The van der Waals surface area contributed by atoms with E-state index in [1.807, 2.05) is 0 Å². The molecule has 1 radical (unpaired) electrons. The molecule has 0 spiro atoms. The van der Waals surface area contributed by atoms with E-state index in [2.05, 4.69) is 35.5 Å². The Bertz CT molecular complexity index is 575. The Balaban J connectivity index is 0.00000676. The van der Waals surface area contributed by atoms with Crippen molar-refractivity contribution in [3.05, 3.63) is 35.4 Å². The van der Waals surface area contributed by atoms with Crippen molar-refractivity contribution in [3.8, 4) is 0 Å². The summed E-state index contributed by atoms with van der Waals surface area (Å²) in [5, 5.41) is 0. The van der Waals surface area contributed by atoms with Crippen LogP contribution in [0.25, 0.3) is 0 Å². The predicted molar refractivity (Wildman–Crippen MR) is 110 cm³/mol. The number of hydrogen-bond acceptors (Lipinski definition) is 5. The molecule has 1 aromatic rings.